The lowest BCUT2D eigenvalue weighted by Gasteiger charge is -2.16. The number of methoxy groups -OCH3 is 2. The van der Waals surface area contributed by atoms with Crippen LogP contribution in [-0.2, 0) is 0 Å². The predicted molar refractivity (Wildman–Crippen MR) is 156 cm³/mol. The molecule has 40 heavy (non-hydrogen) atoms. The second-order valence-corrected chi connectivity index (χ2v) is 9.94. The highest BCUT2D eigenvalue weighted by Gasteiger charge is 2.19. The van der Waals surface area contributed by atoms with E-state index in [1.807, 2.05) is 0 Å². The van der Waals surface area contributed by atoms with Gasteiger partial charge in [0.05, 0.1) is 24.8 Å². The number of benzene rings is 2. The monoisotopic (exact) mass is 565 g/mol. The standard InChI is InChI=1S/C29H32ClN5O5/c1-16(2)31-11-12-40-23-10-9-21(32-26(23)19-8-7-17(13-20(19)30)29(37)35(3)4)27-33-22-14-18(38-5)15-24(39-6)25(22)28(36)34-27/h7-10,13-16,31H,11-12H2,1-6H3,(H,33,34,36). The molecule has 2 heterocycles. The van der Waals surface area contributed by atoms with Gasteiger partial charge >= 0.3 is 0 Å². The van der Waals surface area contributed by atoms with E-state index >= 15 is 0 Å². The Morgan fingerprint density at radius 3 is 2.48 bits per heavy atom. The van der Waals surface area contributed by atoms with Crippen molar-refractivity contribution in [1.29, 1.82) is 0 Å². The molecule has 4 aromatic rings. The average molecular weight is 566 g/mol. The number of rotatable bonds is 10. The van der Waals surface area contributed by atoms with Crippen molar-refractivity contribution >= 4 is 28.4 Å². The molecule has 210 valence electrons. The van der Waals surface area contributed by atoms with Gasteiger partial charge in [-0.05, 0) is 24.3 Å². The second kappa shape index (κ2) is 12.4. The number of hydrogen-bond acceptors (Lipinski definition) is 8. The van der Waals surface area contributed by atoms with E-state index in [0.29, 0.717) is 74.9 Å². The summed E-state index contributed by atoms with van der Waals surface area (Å²) in [6.45, 7) is 5.14. The van der Waals surface area contributed by atoms with Crippen LogP contribution in [0.1, 0.15) is 24.2 Å². The van der Waals surface area contributed by atoms with Gasteiger partial charge in [0.15, 0.2) is 5.82 Å². The molecule has 0 saturated heterocycles. The molecule has 0 saturated carbocycles. The quantitative estimate of drug-likeness (QED) is 0.272. The molecule has 11 heteroatoms. The Hall–Kier alpha value is -4.15. The van der Waals surface area contributed by atoms with Gasteiger partial charge in [-0.25, -0.2) is 9.97 Å². The van der Waals surface area contributed by atoms with E-state index in [4.69, 9.17) is 30.8 Å². The fourth-order valence-corrected chi connectivity index (χ4v) is 4.38. The van der Waals surface area contributed by atoms with Gasteiger partial charge in [-0.1, -0.05) is 31.5 Å². The van der Waals surface area contributed by atoms with Crippen LogP contribution in [-0.4, -0.2) is 73.3 Å². The van der Waals surface area contributed by atoms with Crippen molar-refractivity contribution in [2.45, 2.75) is 19.9 Å². The third-order valence-electron chi connectivity index (χ3n) is 6.09. The number of nitrogens with one attached hydrogen (secondary N) is 2. The summed E-state index contributed by atoms with van der Waals surface area (Å²) in [6, 6.07) is 12.1. The fraction of sp³-hybridized carbons (Fsp3) is 0.310. The van der Waals surface area contributed by atoms with Crippen molar-refractivity contribution in [2.75, 3.05) is 41.5 Å². The molecule has 0 radical (unpaired) electrons. The minimum atomic E-state index is -0.382. The molecule has 2 N–H and O–H groups in total. The van der Waals surface area contributed by atoms with Crippen LogP contribution in [0.25, 0.3) is 33.7 Å². The van der Waals surface area contributed by atoms with E-state index in [2.05, 4.69) is 29.1 Å². The minimum absolute atomic E-state index is 0.171. The summed E-state index contributed by atoms with van der Waals surface area (Å²) in [7, 11) is 6.36. The Bertz CT molecular complexity index is 1600. The van der Waals surface area contributed by atoms with Gasteiger partial charge in [0.1, 0.15) is 40.6 Å². The van der Waals surface area contributed by atoms with Crippen molar-refractivity contribution < 1.29 is 19.0 Å². The maximum Gasteiger partial charge on any atom is 0.262 e. The lowest BCUT2D eigenvalue weighted by atomic mass is 10.1. The van der Waals surface area contributed by atoms with Gasteiger partial charge in [0, 0.05) is 49.9 Å². The van der Waals surface area contributed by atoms with Gasteiger partial charge in [-0.2, -0.15) is 0 Å². The Balaban J connectivity index is 1.83. The van der Waals surface area contributed by atoms with Crippen LogP contribution < -0.4 is 25.1 Å². The lowest BCUT2D eigenvalue weighted by Crippen LogP contribution is -2.27. The van der Waals surface area contributed by atoms with E-state index in [1.165, 1.54) is 19.1 Å². The van der Waals surface area contributed by atoms with Gasteiger partial charge in [-0.15, -0.1) is 0 Å². The van der Waals surface area contributed by atoms with Crippen LogP contribution in [0.2, 0.25) is 5.02 Å². The SMILES string of the molecule is COc1cc(OC)c2c(=O)[nH]c(-c3ccc(OCCNC(C)C)c(-c4ccc(C(=O)N(C)C)cc4Cl)n3)nc2c1. The number of H-pyrrole nitrogens is 1. The van der Waals surface area contributed by atoms with Crippen LogP contribution >= 0.6 is 11.6 Å². The number of ether oxygens (including phenoxy) is 3. The summed E-state index contributed by atoms with van der Waals surface area (Å²) < 4.78 is 16.8. The van der Waals surface area contributed by atoms with Crippen LogP contribution in [0, 0.1) is 0 Å². The number of aromatic amines is 1. The van der Waals surface area contributed by atoms with Crippen molar-refractivity contribution in [3.8, 4) is 40.0 Å². The normalized spacial score (nSPS) is 11.1. The number of halogens is 1. The van der Waals surface area contributed by atoms with Gasteiger partial charge in [0.2, 0.25) is 0 Å². The number of amides is 1. The van der Waals surface area contributed by atoms with Gasteiger partial charge < -0.3 is 29.4 Å². The molecule has 0 spiro atoms. The predicted octanol–water partition coefficient (Wildman–Crippen LogP) is 4.40. The first-order chi connectivity index (χ1) is 19.1. The first kappa shape index (κ1) is 28.8. The summed E-state index contributed by atoms with van der Waals surface area (Å²) >= 11 is 6.68. The van der Waals surface area contributed by atoms with E-state index in [9.17, 15) is 9.59 Å². The van der Waals surface area contributed by atoms with Crippen molar-refractivity contribution in [3.63, 3.8) is 0 Å². The summed E-state index contributed by atoms with van der Waals surface area (Å²) in [5.74, 6) is 1.42. The number of pyridine rings is 1. The first-order valence-electron chi connectivity index (χ1n) is 12.7. The van der Waals surface area contributed by atoms with E-state index in [0.717, 1.165) is 0 Å². The number of aromatic nitrogens is 3. The summed E-state index contributed by atoms with van der Waals surface area (Å²) in [5, 5.41) is 3.94. The Morgan fingerprint density at radius 2 is 1.82 bits per heavy atom. The van der Waals surface area contributed by atoms with Crippen molar-refractivity contribution in [2.24, 2.45) is 0 Å². The maximum atomic E-state index is 13.1. The van der Waals surface area contributed by atoms with Crippen LogP contribution in [0.15, 0.2) is 47.3 Å². The highest BCUT2D eigenvalue weighted by Crippen LogP contribution is 2.36. The van der Waals surface area contributed by atoms with Gasteiger partial charge in [0.25, 0.3) is 11.5 Å². The smallest absolute Gasteiger partial charge is 0.262 e. The molecule has 0 aliphatic carbocycles. The Morgan fingerprint density at radius 1 is 1.05 bits per heavy atom. The molecule has 0 unspecified atom stereocenters. The zero-order valence-electron chi connectivity index (χ0n) is 23.3. The lowest BCUT2D eigenvalue weighted by molar-refractivity contribution is 0.0827. The number of nitrogens with zero attached hydrogens (tertiary/aromatic N) is 3. The van der Waals surface area contributed by atoms with Crippen molar-refractivity contribution in [1.82, 2.24) is 25.2 Å². The second-order valence-electron chi connectivity index (χ2n) is 9.53. The Labute approximate surface area is 237 Å². The molecule has 0 atom stereocenters. The van der Waals surface area contributed by atoms with Crippen LogP contribution in [0.3, 0.4) is 0 Å². The summed E-state index contributed by atoms with van der Waals surface area (Å²) in [6.07, 6.45) is 0. The zero-order chi connectivity index (χ0) is 29.0. The first-order valence-corrected chi connectivity index (χ1v) is 13.1. The summed E-state index contributed by atoms with van der Waals surface area (Å²) in [4.78, 5) is 39.3. The van der Waals surface area contributed by atoms with Crippen molar-refractivity contribution in [3.05, 3.63) is 63.4 Å². The minimum Gasteiger partial charge on any atom is -0.497 e. The number of hydrogen-bond donors (Lipinski definition) is 2. The molecule has 10 nitrogen and oxygen atoms in total. The molecular weight excluding hydrogens is 534 g/mol. The molecule has 0 aliphatic rings. The van der Waals surface area contributed by atoms with Crippen LogP contribution in [0.4, 0.5) is 0 Å². The third kappa shape index (κ3) is 6.19. The highest BCUT2D eigenvalue weighted by atomic mass is 35.5. The zero-order valence-corrected chi connectivity index (χ0v) is 24.0. The summed E-state index contributed by atoms with van der Waals surface area (Å²) in [5.41, 5.74) is 1.87. The molecular formula is C29H32ClN5O5. The molecule has 4 rings (SSSR count). The van der Waals surface area contributed by atoms with E-state index in [1.54, 1.807) is 56.6 Å². The number of carbonyl (C=O) groups is 1. The van der Waals surface area contributed by atoms with Gasteiger partial charge in [-0.3, -0.25) is 9.59 Å². The van der Waals surface area contributed by atoms with E-state index < -0.39 is 0 Å². The highest BCUT2D eigenvalue weighted by molar-refractivity contribution is 6.33. The molecule has 2 aromatic heterocycles. The Kier molecular flexibility index (Phi) is 8.91. The molecule has 0 aliphatic heterocycles. The maximum absolute atomic E-state index is 13.1. The number of fused-ring (bicyclic) bond motifs is 1. The van der Waals surface area contributed by atoms with E-state index in [-0.39, 0.29) is 17.3 Å². The average Bonchev–Trinajstić information content (AvgIpc) is 2.93. The molecule has 2 aromatic carbocycles. The fourth-order valence-electron chi connectivity index (χ4n) is 4.11. The topological polar surface area (TPSA) is 119 Å². The third-order valence-corrected chi connectivity index (χ3v) is 6.40. The molecule has 0 bridgehead atoms. The van der Waals surface area contributed by atoms with Crippen LogP contribution in [0.5, 0.6) is 17.2 Å². The number of carbonyl (C=O) groups excluding carboxylic acids is 1. The largest absolute Gasteiger partial charge is 0.497 e. The molecule has 1 amide bonds. The molecule has 0 fully saturated rings.